The average Bonchev–Trinajstić information content (AvgIpc) is 3.07. The number of aromatic nitrogens is 2. The molecule has 1 amide bonds. The van der Waals surface area contributed by atoms with Crippen LogP contribution in [0.2, 0.25) is 0 Å². The summed E-state index contributed by atoms with van der Waals surface area (Å²) < 4.78 is 0. The monoisotopic (exact) mass is 401 g/mol. The molecule has 0 spiro atoms. The molecule has 0 aliphatic rings. The Bertz CT molecular complexity index is 966. The molecule has 2 heterocycles. The van der Waals surface area contributed by atoms with Crippen LogP contribution in [0.5, 0.6) is 0 Å². The highest BCUT2D eigenvalue weighted by molar-refractivity contribution is 7.99. The summed E-state index contributed by atoms with van der Waals surface area (Å²) in [5.41, 5.74) is 0.948. The fourth-order valence-corrected chi connectivity index (χ4v) is 4.61. The van der Waals surface area contributed by atoms with Crippen LogP contribution in [0.25, 0.3) is 20.7 Å². The van der Waals surface area contributed by atoms with Gasteiger partial charge < -0.3 is 10.3 Å². The van der Waals surface area contributed by atoms with Gasteiger partial charge in [0.2, 0.25) is 5.91 Å². The van der Waals surface area contributed by atoms with E-state index < -0.39 is 0 Å². The van der Waals surface area contributed by atoms with Gasteiger partial charge in [-0.25, -0.2) is 4.98 Å². The number of benzene rings is 1. The molecule has 0 bridgehead atoms. The predicted molar refractivity (Wildman–Crippen MR) is 114 cm³/mol. The normalized spacial score (nSPS) is 12.2. The molecule has 0 radical (unpaired) electrons. The Morgan fingerprint density at radius 3 is 2.85 bits per heavy atom. The largest absolute Gasteiger partial charge is 0.353 e. The lowest BCUT2D eigenvalue weighted by molar-refractivity contribution is -0.119. The Hall–Kier alpha value is -2.12. The van der Waals surface area contributed by atoms with E-state index in [1.54, 1.807) is 0 Å². The fourth-order valence-electron chi connectivity index (χ4n) is 2.85. The number of aromatic amines is 1. The summed E-state index contributed by atoms with van der Waals surface area (Å²) in [6.07, 6.45) is 2.02. The molecule has 0 aliphatic carbocycles. The quantitative estimate of drug-likeness (QED) is 0.593. The molecular weight excluding hydrogens is 378 g/mol. The Labute approximate surface area is 166 Å². The second-order valence-electron chi connectivity index (χ2n) is 6.46. The molecule has 0 unspecified atom stereocenters. The van der Waals surface area contributed by atoms with Gasteiger partial charge in [0.25, 0.3) is 5.56 Å². The lowest BCUT2D eigenvalue weighted by atomic mass is 10.2. The molecule has 0 saturated heterocycles. The number of carbonyl (C=O) groups excluding carboxylic acids is 1. The first-order valence-electron chi connectivity index (χ1n) is 9.02. The number of nitrogens with zero attached hydrogens (tertiary/aromatic N) is 1. The molecule has 27 heavy (non-hydrogen) atoms. The molecule has 1 atom stereocenters. The number of thiophene rings is 1. The predicted octanol–water partition coefficient (Wildman–Crippen LogP) is 4.19. The number of hydrogen-bond acceptors (Lipinski definition) is 5. The maximum absolute atomic E-state index is 12.4. The van der Waals surface area contributed by atoms with Crippen molar-refractivity contribution in [3.05, 3.63) is 52.6 Å². The smallest absolute Gasteiger partial charge is 0.259 e. The van der Waals surface area contributed by atoms with Crippen LogP contribution < -0.4 is 10.9 Å². The summed E-state index contributed by atoms with van der Waals surface area (Å²) in [4.78, 5) is 33.5. The number of hydrogen-bond donors (Lipinski definition) is 2. The summed E-state index contributed by atoms with van der Waals surface area (Å²) in [7, 11) is 0. The summed E-state index contributed by atoms with van der Waals surface area (Å²) in [6, 6.07) is 12.1. The van der Waals surface area contributed by atoms with Gasteiger partial charge in [-0.3, -0.25) is 9.59 Å². The van der Waals surface area contributed by atoms with Gasteiger partial charge in [0.05, 0.1) is 16.9 Å². The van der Waals surface area contributed by atoms with Crippen LogP contribution in [0.3, 0.4) is 0 Å². The molecule has 0 saturated carbocycles. The summed E-state index contributed by atoms with van der Waals surface area (Å²) in [5, 5.41) is 3.59. The Morgan fingerprint density at radius 2 is 2.11 bits per heavy atom. The summed E-state index contributed by atoms with van der Waals surface area (Å²) in [5.74, 6) is 1.48. The van der Waals surface area contributed by atoms with E-state index in [-0.39, 0.29) is 17.5 Å². The highest BCUT2D eigenvalue weighted by atomic mass is 32.2. The van der Waals surface area contributed by atoms with Gasteiger partial charge in [0.1, 0.15) is 10.7 Å². The molecule has 7 heteroatoms. The zero-order valence-electron chi connectivity index (χ0n) is 15.5. The molecule has 142 valence electrons. The highest BCUT2D eigenvalue weighted by Crippen LogP contribution is 2.30. The van der Waals surface area contributed by atoms with Crippen LogP contribution in [0, 0.1) is 0 Å². The van der Waals surface area contributed by atoms with Crippen molar-refractivity contribution in [2.24, 2.45) is 0 Å². The van der Waals surface area contributed by atoms with E-state index in [4.69, 9.17) is 0 Å². The minimum absolute atomic E-state index is 0.0202. The zero-order chi connectivity index (χ0) is 19.2. The lowest BCUT2D eigenvalue weighted by Crippen LogP contribution is -2.33. The van der Waals surface area contributed by atoms with Crippen LogP contribution in [0.4, 0.5) is 0 Å². The van der Waals surface area contributed by atoms with Gasteiger partial charge in [0, 0.05) is 10.9 Å². The summed E-state index contributed by atoms with van der Waals surface area (Å²) in [6.45, 7) is 4.11. The van der Waals surface area contributed by atoms with Gasteiger partial charge in [-0.15, -0.1) is 23.1 Å². The molecule has 2 aromatic heterocycles. The van der Waals surface area contributed by atoms with E-state index in [0.717, 1.165) is 28.1 Å². The maximum Gasteiger partial charge on any atom is 0.259 e. The average molecular weight is 402 g/mol. The molecule has 1 aromatic carbocycles. The Kier molecular flexibility index (Phi) is 6.68. The number of nitrogens with one attached hydrogen (secondary N) is 2. The van der Waals surface area contributed by atoms with Crippen molar-refractivity contribution in [1.29, 1.82) is 0 Å². The number of rotatable bonds is 8. The van der Waals surface area contributed by atoms with E-state index in [1.807, 2.05) is 43.3 Å². The first-order valence-corrected chi connectivity index (χ1v) is 11.0. The van der Waals surface area contributed by atoms with Crippen molar-refractivity contribution in [2.75, 3.05) is 5.75 Å². The first-order chi connectivity index (χ1) is 13.1. The van der Waals surface area contributed by atoms with E-state index in [0.29, 0.717) is 22.7 Å². The standard InChI is InChI=1S/C20H23N3O2S2/c1-3-7-13(2)21-18(24)12-26-11-17-22-19(25)15-10-16(27-20(15)23-17)14-8-5-4-6-9-14/h4-6,8-10,13H,3,7,11-12H2,1-2H3,(H,21,24)(H,22,23,25)/t13-/m0/s1. The number of thioether (sulfide) groups is 1. The number of fused-ring (bicyclic) bond motifs is 1. The number of carbonyl (C=O) groups is 1. The lowest BCUT2D eigenvalue weighted by Gasteiger charge is -2.12. The summed E-state index contributed by atoms with van der Waals surface area (Å²) >= 11 is 2.97. The van der Waals surface area contributed by atoms with E-state index in [9.17, 15) is 9.59 Å². The third-order valence-electron chi connectivity index (χ3n) is 4.11. The topological polar surface area (TPSA) is 74.8 Å². The van der Waals surface area contributed by atoms with E-state index in [1.165, 1.54) is 23.1 Å². The van der Waals surface area contributed by atoms with Crippen LogP contribution in [-0.4, -0.2) is 27.7 Å². The van der Waals surface area contributed by atoms with Crippen LogP contribution in [0.15, 0.2) is 41.2 Å². The molecule has 3 rings (SSSR count). The number of H-pyrrole nitrogens is 1. The first kappa shape index (κ1) is 19.6. The molecule has 2 N–H and O–H groups in total. The van der Waals surface area contributed by atoms with Crippen LogP contribution in [-0.2, 0) is 10.5 Å². The third-order valence-corrected chi connectivity index (χ3v) is 6.13. The van der Waals surface area contributed by atoms with E-state index >= 15 is 0 Å². The minimum atomic E-state index is -0.130. The SMILES string of the molecule is CCC[C@H](C)NC(=O)CSCc1nc2sc(-c3ccccc3)cc2c(=O)[nH]1. The van der Waals surface area contributed by atoms with Crippen molar-refractivity contribution in [3.63, 3.8) is 0 Å². The maximum atomic E-state index is 12.4. The minimum Gasteiger partial charge on any atom is -0.353 e. The van der Waals surface area contributed by atoms with Crippen molar-refractivity contribution in [3.8, 4) is 10.4 Å². The van der Waals surface area contributed by atoms with Crippen molar-refractivity contribution in [2.45, 2.75) is 38.5 Å². The van der Waals surface area contributed by atoms with Gasteiger partial charge >= 0.3 is 0 Å². The van der Waals surface area contributed by atoms with Crippen molar-refractivity contribution in [1.82, 2.24) is 15.3 Å². The fraction of sp³-hybridized carbons (Fsp3) is 0.350. The second kappa shape index (κ2) is 9.19. The van der Waals surface area contributed by atoms with Gasteiger partial charge in [-0.2, -0.15) is 0 Å². The van der Waals surface area contributed by atoms with Gasteiger partial charge in [0.15, 0.2) is 0 Å². The number of amides is 1. The molecule has 0 fully saturated rings. The highest BCUT2D eigenvalue weighted by Gasteiger charge is 2.11. The third kappa shape index (κ3) is 5.20. The van der Waals surface area contributed by atoms with Crippen molar-refractivity contribution < 1.29 is 4.79 Å². The zero-order valence-corrected chi connectivity index (χ0v) is 17.1. The Morgan fingerprint density at radius 1 is 1.33 bits per heavy atom. The van der Waals surface area contributed by atoms with Crippen molar-refractivity contribution >= 4 is 39.2 Å². The van der Waals surface area contributed by atoms with Gasteiger partial charge in [-0.05, 0) is 25.0 Å². The molecular formula is C20H23N3O2S2. The second-order valence-corrected chi connectivity index (χ2v) is 8.47. The van der Waals surface area contributed by atoms with Crippen LogP contribution >= 0.6 is 23.1 Å². The Balaban J connectivity index is 1.66. The van der Waals surface area contributed by atoms with Gasteiger partial charge in [-0.1, -0.05) is 43.7 Å². The molecule has 0 aliphatic heterocycles. The molecule has 3 aromatic rings. The van der Waals surface area contributed by atoms with E-state index in [2.05, 4.69) is 22.2 Å². The molecule has 5 nitrogen and oxygen atoms in total. The van der Waals surface area contributed by atoms with Crippen LogP contribution in [0.1, 0.15) is 32.5 Å².